The fourth-order valence-corrected chi connectivity index (χ4v) is 3.59. The lowest BCUT2D eigenvalue weighted by atomic mass is 9.98. The second-order valence-corrected chi connectivity index (χ2v) is 7.20. The van der Waals surface area contributed by atoms with Crippen molar-refractivity contribution in [2.24, 2.45) is 0 Å². The number of aromatic hydroxyl groups is 1. The molecule has 0 saturated carbocycles. The second kappa shape index (κ2) is 9.70. The molecule has 33 heavy (non-hydrogen) atoms. The molecule has 2 N–H and O–H groups in total. The van der Waals surface area contributed by atoms with Crippen LogP contribution in [0, 0.1) is 0 Å². The maximum atomic E-state index is 13.7. The van der Waals surface area contributed by atoms with Crippen LogP contribution in [0.15, 0.2) is 28.7 Å². The fourth-order valence-electron chi connectivity index (χ4n) is 3.59. The van der Waals surface area contributed by atoms with Crippen LogP contribution in [0.4, 0.5) is 0 Å². The van der Waals surface area contributed by atoms with Gasteiger partial charge in [-0.1, -0.05) is 0 Å². The van der Waals surface area contributed by atoms with E-state index in [0.29, 0.717) is 22.6 Å². The van der Waals surface area contributed by atoms with Crippen LogP contribution < -0.4 is 18.9 Å². The summed E-state index contributed by atoms with van der Waals surface area (Å²) in [6, 6.07) is 6.14. The molecular formula is C23H25NO9. The summed E-state index contributed by atoms with van der Waals surface area (Å²) >= 11 is 0. The zero-order valence-corrected chi connectivity index (χ0v) is 18.9. The van der Waals surface area contributed by atoms with E-state index in [1.54, 1.807) is 13.1 Å². The van der Waals surface area contributed by atoms with Crippen molar-refractivity contribution in [2.75, 3.05) is 42.0 Å². The monoisotopic (exact) mass is 459 g/mol. The number of carboxylic acids is 1. The number of carboxylic acid groups (broad SMARTS) is 1. The Labute approximate surface area is 189 Å². The molecule has 1 heterocycles. The number of phenolic OH excluding ortho intramolecular Hbond substituents is 1. The first-order valence-electron chi connectivity index (χ1n) is 9.82. The highest BCUT2D eigenvalue weighted by Crippen LogP contribution is 2.42. The van der Waals surface area contributed by atoms with Gasteiger partial charge in [0.15, 0.2) is 28.6 Å². The Balaban J connectivity index is 2.21. The summed E-state index contributed by atoms with van der Waals surface area (Å²) in [5.41, 5.74) is 0.461. The summed E-state index contributed by atoms with van der Waals surface area (Å²) in [6.07, 6.45) is 0. The molecule has 0 aliphatic rings. The van der Waals surface area contributed by atoms with Gasteiger partial charge in [-0.3, -0.25) is 14.5 Å². The molecule has 0 atom stereocenters. The van der Waals surface area contributed by atoms with Gasteiger partial charge in [0.1, 0.15) is 5.76 Å². The van der Waals surface area contributed by atoms with Gasteiger partial charge in [0.2, 0.25) is 11.5 Å². The molecule has 0 aliphatic heterocycles. The quantitative estimate of drug-likeness (QED) is 0.437. The van der Waals surface area contributed by atoms with Crippen LogP contribution >= 0.6 is 0 Å². The summed E-state index contributed by atoms with van der Waals surface area (Å²) < 4.78 is 27.0. The third-order valence-corrected chi connectivity index (χ3v) is 5.06. The van der Waals surface area contributed by atoms with E-state index in [1.165, 1.54) is 51.5 Å². The maximum absolute atomic E-state index is 13.7. The van der Waals surface area contributed by atoms with Crippen molar-refractivity contribution < 1.29 is 43.2 Å². The number of hydrogen-bond acceptors (Lipinski definition) is 9. The molecule has 3 aromatic rings. The van der Waals surface area contributed by atoms with E-state index in [2.05, 4.69) is 0 Å². The Kier molecular flexibility index (Phi) is 6.98. The number of phenols is 1. The number of carbonyl (C=O) groups is 2. The molecule has 2 aromatic carbocycles. The predicted octanol–water partition coefficient (Wildman–Crippen LogP) is 2.92. The number of ketones is 1. The number of ether oxygens (including phenoxy) is 4. The molecule has 0 spiro atoms. The molecule has 0 radical (unpaired) electrons. The Bertz CT molecular complexity index is 1170. The highest BCUT2D eigenvalue weighted by Gasteiger charge is 2.27. The van der Waals surface area contributed by atoms with E-state index in [0.717, 1.165) is 0 Å². The molecule has 0 fully saturated rings. The summed E-state index contributed by atoms with van der Waals surface area (Å²) in [4.78, 5) is 26.3. The van der Waals surface area contributed by atoms with Crippen LogP contribution in [-0.2, 0) is 11.3 Å². The van der Waals surface area contributed by atoms with E-state index in [4.69, 9.17) is 28.5 Å². The van der Waals surface area contributed by atoms with E-state index in [9.17, 15) is 14.7 Å². The zero-order valence-electron chi connectivity index (χ0n) is 18.9. The van der Waals surface area contributed by atoms with Crippen LogP contribution in [0.3, 0.4) is 0 Å². The third-order valence-electron chi connectivity index (χ3n) is 5.06. The Morgan fingerprint density at radius 1 is 0.970 bits per heavy atom. The van der Waals surface area contributed by atoms with Crippen LogP contribution in [0.1, 0.15) is 21.7 Å². The number of methoxy groups -OCH3 is 4. The van der Waals surface area contributed by atoms with Gasteiger partial charge in [-0.2, -0.15) is 0 Å². The standard InChI is InChI=1S/C23H25NO9/c1-24(11-18(25)26)10-17-19(13-6-7-14(29-2)21(28)22(13)33-17)20(27)12-8-15(30-3)23(32-5)16(9-12)31-4/h6-9,28H,10-11H2,1-5H3,(H,25,26). The summed E-state index contributed by atoms with van der Waals surface area (Å²) in [5.74, 6) is -0.445. The molecule has 176 valence electrons. The predicted molar refractivity (Wildman–Crippen MR) is 118 cm³/mol. The third kappa shape index (κ3) is 4.51. The van der Waals surface area contributed by atoms with Crippen molar-refractivity contribution in [2.45, 2.75) is 6.54 Å². The molecule has 0 unspecified atom stereocenters. The van der Waals surface area contributed by atoms with Crippen LogP contribution in [0.5, 0.6) is 28.7 Å². The van der Waals surface area contributed by atoms with E-state index >= 15 is 0 Å². The first-order chi connectivity index (χ1) is 15.7. The second-order valence-electron chi connectivity index (χ2n) is 7.20. The van der Waals surface area contributed by atoms with Crippen molar-refractivity contribution in [3.63, 3.8) is 0 Å². The molecule has 0 amide bonds. The highest BCUT2D eigenvalue weighted by molar-refractivity contribution is 6.18. The minimum Gasteiger partial charge on any atom is -0.502 e. The number of fused-ring (bicyclic) bond motifs is 1. The molecule has 0 saturated heterocycles. The van der Waals surface area contributed by atoms with E-state index < -0.39 is 11.8 Å². The van der Waals surface area contributed by atoms with Crippen molar-refractivity contribution in [1.29, 1.82) is 0 Å². The number of carbonyl (C=O) groups excluding carboxylic acids is 1. The number of aliphatic carboxylic acids is 1. The number of rotatable bonds is 10. The molecule has 10 nitrogen and oxygen atoms in total. The van der Waals surface area contributed by atoms with Crippen molar-refractivity contribution in [3.05, 3.63) is 41.2 Å². The number of furan rings is 1. The molecular weight excluding hydrogens is 434 g/mol. The maximum Gasteiger partial charge on any atom is 0.317 e. The highest BCUT2D eigenvalue weighted by atomic mass is 16.5. The van der Waals surface area contributed by atoms with Gasteiger partial charge >= 0.3 is 5.97 Å². The SMILES string of the molecule is COc1cc(C(=O)c2c(CN(C)CC(=O)O)oc3c(O)c(OC)ccc23)cc(OC)c1OC. The van der Waals surface area contributed by atoms with Crippen LogP contribution in [-0.4, -0.2) is 68.9 Å². The Morgan fingerprint density at radius 3 is 2.09 bits per heavy atom. The molecule has 0 aliphatic carbocycles. The zero-order chi connectivity index (χ0) is 24.3. The Morgan fingerprint density at radius 2 is 1.58 bits per heavy atom. The molecule has 10 heteroatoms. The first-order valence-corrected chi connectivity index (χ1v) is 9.82. The van der Waals surface area contributed by atoms with Gasteiger partial charge in [-0.05, 0) is 31.3 Å². The van der Waals surface area contributed by atoms with Crippen molar-refractivity contribution in [3.8, 4) is 28.7 Å². The lowest BCUT2D eigenvalue weighted by Crippen LogP contribution is -2.25. The van der Waals surface area contributed by atoms with Gasteiger partial charge in [0.05, 0.1) is 47.1 Å². The average Bonchev–Trinajstić information content (AvgIpc) is 3.15. The molecule has 0 bridgehead atoms. The number of likely N-dealkylation sites (N-methyl/N-ethyl adjacent to an activating group) is 1. The minimum absolute atomic E-state index is 0.00817. The van der Waals surface area contributed by atoms with Gasteiger partial charge in [-0.15, -0.1) is 0 Å². The van der Waals surface area contributed by atoms with Gasteiger partial charge < -0.3 is 33.6 Å². The summed E-state index contributed by atoms with van der Waals surface area (Å²) in [5, 5.41) is 20.0. The summed E-state index contributed by atoms with van der Waals surface area (Å²) in [6.45, 7) is -0.265. The van der Waals surface area contributed by atoms with E-state index in [1.807, 2.05) is 0 Å². The van der Waals surface area contributed by atoms with Crippen molar-refractivity contribution >= 4 is 22.7 Å². The lowest BCUT2D eigenvalue weighted by Gasteiger charge is -2.15. The largest absolute Gasteiger partial charge is 0.502 e. The number of hydrogen-bond donors (Lipinski definition) is 2. The number of nitrogens with zero attached hydrogens (tertiary/aromatic N) is 1. The Hall–Kier alpha value is -3.92. The molecule has 1 aromatic heterocycles. The topological polar surface area (TPSA) is 128 Å². The van der Waals surface area contributed by atoms with Crippen LogP contribution in [0.2, 0.25) is 0 Å². The number of benzene rings is 2. The molecule has 3 rings (SSSR count). The summed E-state index contributed by atoms with van der Waals surface area (Å²) in [7, 11) is 7.31. The first kappa shape index (κ1) is 23.7. The van der Waals surface area contributed by atoms with Gasteiger partial charge in [-0.25, -0.2) is 0 Å². The minimum atomic E-state index is -1.03. The van der Waals surface area contributed by atoms with Crippen LogP contribution in [0.25, 0.3) is 11.0 Å². The van der Waals surface area contributed by atoms with Gasteiger partial charge in [0.25, 0.3) is 0 Å². The van der Waals surface area contributed by atoms with Gasteiger partial charge in [0, 0.05) is 10.9 Å². The smallest absolute Gasteiger partial charge is 0.317 e. The fraction of sp³-hybridized carbons (Fsp3) is 0.304. The normalized spacial score (nSPS) is 11.0. The van der Waals surface area contributed by atoms with E-state index in [-0.39, 0.29) is 47.1 Å². The van der Waals surface area contributed by atoms with Crippen molar-refractivity contribution in [1.82, 2.24) is 4.90 Å². The average molecular weight is 459 g/mol. The lowest BCUT2D eigenvalue weighted by molar-refractivity contribution is -0.138.